The largest absolute Gasteiger partial charge is 0.459 e. The molecule has 1 N–H and O–H groups in total. The number of halogens is 2. The van der Waals surface area contributed by atoms with Crippen molar-refractivity contribution in [3.63, 3.8) is 0 Å². The van der Waals surface area contributed by atoms with Gasteiger partial charge in [-0.1, -0.05) is 30.1 Å². The van der Waals surface area contributed by atoms with Crippen LogP contribution in [0.2, 0.25) is 10.0 Å². The highest BCUT2D eigenvalue weighted by Crippen LogP contribution is 2.35. The van der Waals surface area contributed by atoms with Crippen LogP contribution < -0.4 is 5.32 Å². The second-order valence-electron chi connectivity index (χ2n) is 5.72. The highest BCUT2D eigenvalue weighted by molar-refractivity contribution is 6.38. The van der Waals surface area contributed by atoms with Crippen molar-refractivity contribution < 1.29 is 4.42 Å². The van der Waals surface area contributed by atoms with Gasteiger partial charge in [0, 0.05) is 27.6 Å². The van der Waals surface area contributed by atoms with Gasteiger partial charge in [-0.3, -0.25) is 0 Å². The molecule has 0 bridgehead atoms. The number of furan rings is 1. The standard InChI is InChI=1S/C15H19Cl2NO/c1-5-10-13(8-18-15(2,3)4)19-12-7-9(16)6-11(17)14(10)12/h6-7,18H,5,8H2,1-4H3. The van der Waals surface area contributed by atoms with E-state index >= 15 is 0 Å². The summed E-state index contributed by atoms with van der Waals surface area (Å²) in [5.74, 6) is 0.941. The lowest BCUT2D eigenvalue weighted by Crippen LogP contribution is -2.35. The van der Waals surface area contributed by atoms with E-state index in [1.165, 1.54) is 0 Å². The summed E-state index contributed by atoms with van der Waals surface area (Å²) in [6, 6.07) is 3.59. The van der Waals surface area contributed by atoms with Crippen LogP contribution in [0.3, 0.4) is 0 Å². The average Bonchev–Trinajstić information content (AvgIpc) is 2.63. The summed E-state index contributed by atoms with van der Waals surface area (Å²) in [5.41, 5.74) is 1.97. The second-order valence-corrected chi connectivity index (χ2v) is 6.57. The Balaban J connectivity index is 2.47. The van der Waals surface area contributed by atoms with Crippen LogP contribution in [-0.4, -0.2) is 5.54 Å². The summed E-state index contributed by atoms with van der Waals surface area (Å²) in [7, 11) is 0. The molecule has 1 aromatic carbocycles. The molecular formula is C15H19Cl2NO. The molecule has 19 heavy (non-hydrogen) atoms. The first-order valence-electron chi connectivity index (χ1n) is 6.46. The number of nitrogens with one attached hydrogen (secondary N) is 1. The van der Waals surface area contributed by atoms with Gasteiger partial charge in [0.2, 0.25) is 0 Å². The SMILES string of the molecule is CCc1c(CNC(C)(C)C)oc2cc(Cl)cc(Cl)c12. The van der Waals surface area contributed by atoms with Crippen molar-refractivity contribution in [3.8, 4) is 0 Å². The van der Waals surface area contributed by atoms with E-state index in [0.29, 0.717) is 16.6 Å². The minimum absolute atomic E-state index is 0.0470. The van der Waals surface area contributed by atoms with Gasteiger partial charge in [0.05, 0.1) is 11.6 Å². The Bertz CT molecular complexity index is 596. The fourth-order valence-corrected chi connectivity index (χ4v) is 2.71. The monoisotopic (exact) mass is 299 g/mol. The molecule has 2 rings (SSSR count). The van der Waals surface area contributed by atoms with Gasteiger partial charge in [0.15, 0.2) is 0 Å². The van der Waals surface area contributed by atoms with Crippen molar-refractivity contribution in [3.05, 3.63) is 33.5 Å². The summed E-state index contributed by atoms with van der Waals surface area (Å²) in [6.45, 7) is 9.19. The van der Waals surface area contributed by atoms with Gasteiger partial charge in [-0.05, 0) is 33.3 Å². The second kappa shape index (κ2) is 5.35. The predicted octanol–water partition coefficient (Wildman–Crippen LogP) is 5.19. The molecule has 0 aliphatic rings. The molecule has 1 aromatic heterocycles. The Morgan fingerprint density at radius 1 is 1.21 bits per heavy atom. The van der Waals surface area contributed by atoms with E-state index in [4.69, 9.17) is 27.6 Å². The predicted molar refractivity (Wildman–Crippen MR) is 82.2 cm³/mol. The third-order valence-electron chi connectivity index (χ3n) is 3.02. The van der Waals surface area contributed by atoms with Crippen LogP contribution in [0.15, 0.2) is 16.5 Å². The highest BCUT2D eigenvalue weighted by atomic mass is 35.5. The maximum Gasteiger partial charge on any atom is 0.137 e. The zero-order chi connectivity index (χ0) is 14.2. The molecule has 0 aliphatic heterocycles. The molecule has 0 spiro atoms. The van der Waals surface area contributed by atoms with Crippen LogP contribution in [0.5, 0.6) is 0 Å². The van der Waals surface area contributed by atoms with E-state index in [1.807, 2.05) is 6.07 Å². The van der Waals surface area contributed by atoms with Gasteiger partial charge in [-0.2, -0.15) is 0 Å². The molecule has 104 valence electrons. The Morgan fingerprint density at radius 3 is 2.47 bits per heavy atom. The molecule has 2 nitrogen and oxygen atoms in total. The molecule has 0 saturated carbocycles. The van der Waals surface area contributed by atoms with Gasteiger partial charge in [0.1, 0.15) is 11.3 Å². The maximum atomic E-state index is 6.28. The Labute approximate surface area is 124 Å². The Hall–Kier alpha value is -0.700. The third-order valence-corrected chi connectivity index (χ3v) is 3.54. The van der Waals surface area contributed by atoms with Crippen LogP contribution >= 0.6 is 23.2 Å². The summed E-state index contributed by atoms with van der Waals surface area (Å²) >= 11 is 12.3. The summed E-state index contributed by atoms with van der Waals surface area (Å²) < 4.78 is 5.92. The zero-order valence-electron chi connectivity index (χ0n) is 11.7. The normalized spacial score (nSPS) is 12.3. The first kappa shape index (κ1) is 14.7. The fourth-order valence-electron chi connectivity index (χ4n) is 2.12. The lowest BCUT2D eigenvalue weighted by molar-refractivity contribution is 0.393. The van der Waals surface area contributed by atoms with Gasteiger partial charge < -0.3 is 9.73 Å². The van der Waals surface area contributed by atoms with Gasteiger partial charge in [-0.25, -0.2) is 0 Å². The zero-order valence-corrected chi connectivity index (χ0v) is 13.2. The summed E-state index contributed by atoms with van der Waals surface area (Å²) in [4.78, 5) is 0. The number of hydrogen-bond acceptors (Lipinski definition) is 2. The van der Waals surface area contributed by atoms with E-state index in [-0.39, 0.29) is 5.54 Å². The van der Waals surface area contributed by atoms with E-state index in [9.17, 15) is 0 Å². The van der Waals surface area contributed by atoms with E-state index in [0.717, 1.165) is 28.7 Å². The van der Waals surface area contributed by atoms with Crippen LogP contribution in [0, 0.1) is 0 Å². The molecule has 4 heteroatoms. The van der Waals surface area contributed by atoms with Crippen molar-refractivity contribution in [2.24, 2.45) is 0 Å². The lowest BCUT2D eigenvalue weighted by Gasteiger charge is -2.19. The first-order valence-corrected chi connectivity index (χ1v) is 7.21. The quantitative estimate of drug-likeness (QED) is 0.843. The van der Waals surface area contributed by atoms with E-state index in [1.54, 1.807) is 6.07 Å². The number of fused-ring (bicyclic) bond motifs is 1. The van der Waals surface area contributed by atoms with Crippen molar-refractivity contribution in [1.82, 2.24) is 5.32 Å². The first-order chi connectivity index (χ1) is 8.81. The van der Waals surface area contributed by atoms with E-state index in [2.05, 4.69) is 33.0 Å². The van der Waals surface area contributed by atoms with Crippen molar-refractivity contribution in [2.75, 3.05) is 0 Å². The van der Waals surface area contributed by atoms with Gasteiger partial charge in [-0.15, -0.1) is 0 Å². The molecule has 0 radical (unpaired) electrons. The highest BCUT2D eigenvalue weighted by Gasteiger charge is 2.18. The number of benzene rings is 1. The number of hydrogen-bond donors (Lipinski definition) is 1. The third kappa shape index (κ3) is 3.25. The Kier molecular flexibility index (Phi) is 4.14. The van der Waals surface area contributed by atoms with Crippen LogP contribution in [-0.2, 0) is 13.0 Å². The van der Waals surface area contributed by atoms with Crippen LogP contribution in [0.4, 0.5) is 0 Å². The molecule has 0 saturated heterocycles. The average molecular weight is 300 g/mol. The molecule has 0 aliphatic carbocycles. The van der Waals surface area contributed by atoms with E-state index < -0.39 is 0 Å². The van der Waals surface area contributed by atoms with Crippen molar-refractivity contribution in [2.45, 2.75) is 46.2 Å². The topological polar surface area (TPSA) is 25.2 Å². The molecule has 1 heterocycles. The summed E-state index contributed by atoms with van der Waals surface area (Å²) in [5, 5.41) is 5.68. The summed E-state index contributed by atoms with van der Waals surface area (Å²) in [6.07, 6.45) is 0.884. The fraction of sp³-hybridized carbons (Fsp3) is 0.467. The lowest BCUT2D eigenvalue weighted by atomic mass is 10.1. The number of rotatable bonds is 3. The van der Waals surface area contributed by atoms with Crippen molar-refractivity contribution in [1.29, 1.82) is 0 Å². The minimum Gasteiger partial charge on any atom is -0.459 e. The molecule has 0 amide bonds. The molecule has 2 aromatic rings. The number of aryl methyl sites for hydroxylation is 1. The minimum atomic E-state index is 0.0470. The molecule has 0 unspecified atom stereocenters. The smallest absolute Gasteiger partial charge is 0.137 e. The van der Waals surface area contributed by atoms with Crippen LogP contribution in [0.1, 0.15) is 39.0 Å². The van der Waals surface area contributed by atoms with Crippen LogP contribution in [0.25, 0.3) is 11.0 Å². The van der Waals surface area contributed by atoms with Crippen molar-refractivity contribution >= 4 is 34.2 Å². The molecule has 0 atom stereocenters. The molecular weight excluding hydrogens is 281 g/mol. The molecule has 0 fully saturated rings. The van der Waals surface area contributed by atoms with Gasteiger partial charge in [0.25, 0.3) is 0 Å². The van der Waals surface area contributed by atoms with Gasteiger partial charge >= 0.3 is 0 Å². The maximum absolute atomic E-state index is 6.28. The Morgan fingerprint density at radius 2 is 1.89 bits per heavy atom.